The van der Waals surface area contributed by atoms with Crippen LogP contribution in [-0.4, -0.2) is 140 Å². The summed E-state index contributed by atoms with van der Waals surface area (Å²) in [5.74, 6) is -9.40. The van der Waals surface area contributed by atoms with Crippen LogP contribution < -0.4 is 43.0 Å². The summed E-state index contributed by atoms with van der Waals surface area (Å²) in [5.41, 5.74) is 6.69. The summed E-state index contributed by atoms with van der Waals surface area (Å²) in [4.78, 5) is 119. The molecule has 0 aliphatic carbocycles. The number of carbonyl (C=O) groups excluding carboxylic acids is 8. The van der Waals surface area contributed by atoms with Crippen molar-refractivity contribution in [3.63, 3.8) is 0 Å². The molecule has 0 bridgehead atoms. The highest BCUT2D eigenvalue weighted by Crippen LogP contribution is 2.16. The van der Waals surface area contributed by atoms with E-state index in [0.717, 1.165) is 0 Å². The van der Waals surface area contributed by atoms with Crippen LogP contribution in [0.2, 0.25) is 0 Å². The van der Waals surface area contributed by atoms with Gasteiger partial charge in [0.1, 0.15) is 48.0 Å². The molecular formula is C39H52N8O13S. The molecular weight excluding hydrogens is 821 g/mol. The normalized spacial score (nSPS) is 22.0. The van der Waals surface area contributed by atoms with Crippen molar-refractivity contribution in [2.24, 2.45) is 11.7 Å². The van der Waals surface area contributed by atoms with Crippen molar-refractivity contribution >= 4 is 64.2 Å². The average Bonchev–Trinajstić information content (AvgIpc) is 3.21. The van der Waals surface area contributed by atoms with E-state index in [2.05, 4.69) is 37.2 Å². The second kappa shape index (κ2) is 23.6. The van der Waals surface area contributed by atoms with Crippen molar-refractivity contribution < 1.29 is 63.6 Å². The molecule has 332 valence electrons. The van der Waals surface area contributed by atoms with Crippen LogP contribution in [0.15, 0.2) is 54.6 Å². The van der Waals surface area contributed by atoms with Gasteiger partial charge >= 0.3 is 5.97 Å². The van der Waals surface area contributed by atoms with Crippen molar-refractivity contribution in [1.82, 2.24) is 37.2 Å². The number of nitrogens with two attached hydrogens (primary N) is 1. The molecule has 22 heteroatoms. The number of amides is 7. The number of thioether (sulfide) groups is 1. The number of hydrogen-bond acceptors (Lipinski definition) is 14. The first-order chi connectivity index (χ1) is 28.8. The maximum absolute atomic E-state index is 14.0. The van der Waals surface area contributed by atoms with Gasteiger partial charge in [0, 0.05) is 18.6 Å². The molecule has 1 saturated heterocycles. The summed E-state index contributed by atoms with van der Waals surface area (Å²) in [7, 11) is 0. The lowest BCUT2D eigenvalue weighted by Crippen LogP contribution is -2.62. The minimum Gasteiger partial charge on any atom is -0.508 e. The number of aliphatic hydroxyl groups is 2. The quantitative estimate of drug-likeness (QED) is 0.0820. The molecule has 0 aromatic heterocycles. The number of hydrogen-bond donors (Lipinski definition) is 12. The first kappa shape index (κ1) is 49.3. The number of nitrogens with one attached hydrogen (secondary N) is 7. The van der Waals surface area contributed by atoms with Crippen LogP contribution in [0.25, 0.3) is 0 Å². The fraction of sp³-hybridized carbons (Fsp3) is 0.462. The summed E-state index contributed by atoms with van der Waals surface area (Å²) >= 11 is 0.566. The van der Waals surface area contributed by atoms with Gasteiger partial charge in [0.25, 0.3) is 0 Å². The summed E-state index contributed by atoms with van der Waals surface area (Å²) in [6, 6.07) is 2.49. The Hall–Kier alpha value is -6.10. The van der Waals surface area contributed by atoms with Gasteiger partial charge in [-0.3, -0.25) is 43.2 Å². The largest absolute Gasteiger partial charge is 0.508 e. The minimum absolute atomic E-state index is 0.0426. The predicted molar refractivity (Wildman–Crippen MR) is 218 cm³/mol. The minimum atomic E-state index is -1.66. The topological polar surface area (TPSA) is 345 Å². The zero-order valence-corrected chi connectivity index (χ0v) is 34.4. The van der Waals surface area contributed by atoms with E-state index in [4.69, 9.17) is 10.8 Å². The molecule has 2 aromatic carbocycles. The van der Waals surface area contributed by atoms with Crippen molar-refractivity contribution in [2.45, 2.75) is 88.4 Å². The Labute approximate surface area is 354 Å². The number of aliphatic carboxylic acids is 1. The third-order valence-electron chi connectivity index (χ3n) is 9.28. The molecule has 8 atom stereocenters. The number of aliphatic hydroxyl groups excluding tert-OH is 2. The fourth-order valence-corrected chi connectivity index (χ4v) is 6.70. The molecule has 3 unspecified atom stereocenters. The Morgan fingerprint density at radius 3 is 1.92 bits per heavy atom. The van der Waals surface area contributed by atoms with Crippen molar-refractivity contribution in [2.75, 3.05) is 19.0 Å². The first-order valence-electron chi connectivity index (χ1n) is 19.1. The van der Waals surface area contributed by atoms with Crippen molar-refractivity contribution in [1.29, 1.82) is 0 Å². The van der Waals surface area contributed by atoms with E-state index in [1.54, 1.807) is 30.3 Å². The molecule has 2 aromatic rings. The van der Waals surface area contributed by atoms with Gasteiger partial charge in [-0.2, -0.15) is 0 Å². The van der Waals surface area contributed by atoms with Gasteiger partial charge in [0.05, 0.1) is 25.7 Å². The molecule has 0 radical (unpaired) electrons. The van der Waals surface area contributed by atoms with Crippen LogP contribution in [0.1, 0.15) is 38.3 Å². The Morgan fingerprint density at radius 1 is 0.754 bits per heavy atom. The molecule has 1 aliphatic rings. The maximum atomic E-state index is 14.0. The van der Waals surface area contributed by atoms with Gasteiger partial charge in [0.2, 0.25) is 46.5 Å². The van der Waals surface area contributed by atoms with E-state index in [9.17, 15) is 58.5 Å². The van der Waals surface area contributed by atoms with Gasteiger partial charge in [-0.25, -0.2) is 0 Å². The van der Waals surface area contributed by atoms with Crippen LogP contribution in [0.5, 0.6) is 5.75 Å². The highest BCUT2D eigenvalue weighted by atomic mass is 32.2. The smallest absolute Gasteiger partial charge is 0.305 e. The van der Waals surface area contributed by atoms with Gasteiger partial charge in [-0.15, -0.1) is 0 Å². The number of phenols is 1. The zero-order valence-electron chi connectivity index (χ0n) is 33.6. The highest BCUT2D eigenvalue weighted by molar-refractivity contribution is 8.13. The van der Waals surface area contributed by atoms with Crippen molar-refractivity contribution in [3.05, 3.63) is 65.7 Å². The van der Waals surface area contributed by atoms with Crippen LogP contribution >= 0.6 is 11.8 Å². The van der Waals surface area contributed by atoms with E-state index in [-0.39, 0.29) is 18.6 Å². The number of carboxylic acid groups (broad SMARTS) is 1. The third-order valence-corrected chi connectivity index (χ3v) is 10.3. The predicted octanol–water partition coefficient (Wildman–Crippen LogP) is -3.69. The van der Waals surface area contributed by atoms with E-state index < -0.39 is 132 Å². The maximum Gasteiger partial charge on any atom is 0.305 e. The molecule has 13 N–H and O–H groups in total. The molecule has 21 nitrogen and oxygen atoms in total. The lowest BCUT2D eigenvalue weighted by Gasteiger charge is -2.28. The molecule has 7 amide bonds. The van der Waals surface area contributed by atoms with Gasteiger partial charge < -0.3 is 63.4 Å². The number of phenolic OH excluding ortho intramolecular Hbond substituents is 1. The lowest BCUT2D eigenvalue weighted by atomic mass is 10.0. The van der Waals surface area contributed by atoms with E-state index in [0.29, 0.717) is 22.9 Å². The van der Waals surface area contributed by atoms with Gasteiger partial charge in [0.15, 0.2) is 0 Å². The molecule has 1 heterocycles. The summed E-state index contributed by atoms with van der Waals surface area (Å²) in [6.45, 7) is 2.42. The average molecular weight is 873 g/mol. The van der Waals surface area contributed by atoms with Gasteiger partial charge in [-0.05, 0) is 36.1 Å². The monoisotopic (exact) mass is 872 g/mol. The Kier molecular flexibility index (Phi) is 19.1. The van der Waals surface area contributed by atoms with Crippen molar-refractivity contribution in [3.8, 4) is 5.75 Å². The van der Waals surface area contributed by atoms with Crippen LogP contribution in [0.4, 0.5) is 0 Å². The van der Waals surface area contributed by atoms with E-state index in [1.165, 1.54) is 45.0 Å². The Morgan fingerprint density at radius 2 is 1.33 bits per heavy atom. The summed E-state index contributed by atoms with van der Waals surface area (Å²) in [5, 5.41) is 54.9. The Bertz CT molecular complexity index is 1900. The summed E-state index contributed by atoms with van der Waals surface area (Å²) in [6.07, 6.45) is -0.953. The van der Waals surface area contributed by atoms with E-state index >= 15 is 0 Å². The number of carbonyl (C=O) groups is 9. The number of benzene rings is 2. The van der Waals surface area contributed by atoms with Gasteiger partial charge in [-0.1, -0.05) is 68.1 Å². The first-order valence-corrected chi connectivity index (χ1v) is 20.1. The number of aromatic hydroxyl groups is 1. The van der Waals surface area contributed by atoms with Crippen LogP contribution in [-0.2, 0) is 56.0 Å². The second-order valence-corrected chi connectivity index (χ2v) is 15.6. The number of rotatable bonds is 15. The molecule has 61 heavy (non-hydrogen) atoms. The van der Waals surface area contributed by atoms with Crippen LogP contribution in [0.3, 0.4) is 0 Å². The molecule has 3 rings (SSSR count). The molecule has 1 aliphatic heterocycles. The summed E-state index contributed by atoms with van der Waals surface area (Å²) < 4.78 is 0. The molecule has 0 saturated carbocycles. The molecule has 0 spiro atoms. The van der Waals surface area contributed by atoms with E-state index in [1.807, 2.05) is 0 Å². The third kappa shape index (κ3) is 15.5. The standard InChI is InChI=1S/C39H52N8O13S/c1-19(2)31(47-36(57)28(17-49)45-33(54)24(40)15-30(51)52)38(59)46-29-18-61-39(60)26(14-21-7-5-4-6-8-21)43-34(55)25(13-22-9-11-23(50)12-10-22)42-35(56)27(16-48)44-32(53)20(3)41-37(29)58/h4-12,19-20,24-29,31,48-50H,13-18,40H2,1-3H3,(H,41,58)(H,42,56)(H,43,55)(H,44,53)(H,45,54)(H,46,59)(H,47,57)(H,51,52)/t20-,24-,25-,26?,27?,28-,29?,31-/m0/s1. The SMILES string of the molecule is CC(C)[C@H](NC(=O)[C@H](CO)NC(=O)[C@@H](N)CC(=O)O)C(=O)NC1CSC(=O)C(Cc2ccccc2)NC(=O)[C@H](Cc2ccc(O)cc2)NC(=O)C(CO)NC(=O)[C@H](C)NC1=O. The zero-order chi connectivity index (χ0) is 45.4. The number of carboxylic acids is 1. The lowest BCUT2D eigenvalue weighted by molar-refractivity contribution is -0.140. The Balaban J connectivity index is 1.96. The van der Waals surface area contributed by atoms with Crippen LogP contribution in [0, 0.1) is 5.92 Å². The fourth-order valence-electron chi connectivity index (χ4n) is 5.79. The second-order valence-electron chi connectivity index (χ2n) is 14.5. The highest BCUT2D eigenvalue weighted by Gasteiger charge is 2.36. The molecule has 1 fully saturated rings.